The first-order chi connectivity index (χ1) is 17.7. The van der Waals surface area contributed by atoms with Crippen molar-refractivity contribution < 1.29 is 9.53 Å². The average Bonchev–Trinajstić information content (AvgIpc) is 3.50. The van der Waals surface area contributed by atoms with E-state index in [1.807, 2.05) is 25.1 Å². The number of hydrogen-bond donors (Lipinski definition) is 1. The molecular weight excluding hydrogens is 452 g/mol. The molecule has 2 aromatic heterocycles. The van der Waals surface area contributed by atoms with Crippen LogP contribution in [0.15, 0.2) is 54.6 Å². The predicted octanol–water partition coefficient (Wildman–Crippen LogP) is 5.01. The van der Waals surface area contributed by atoms with Crippen LogP contribution in [0.5, 0.6) is 0 Å². The number of nitrogens with one attached hydrogen (secondary N) is 1. The lowest BCUT2D eigenvalue weighted by Gasteiger charge is -2.15. The number of aromatic amines is 1. The molecule has 0 bridgehead atoms. The molecule has 0 radical (unpaired) electrons. The smallest absolute Gasteiger partial charge is 0.331 e. The van der Waals surface area contributed by atoms with Crippen molar-refractivity contribution in [3.63, 3.8) is 0 Å². The Morgan fingerprint density at radius 2 is 1.83 bits per heavy atom. The number of ether oxygens (including phenoxy) is 1. The summed E-state index contributed by atoms with van der Waals surface area (Å²) in [5.74, 6) is 1.34. The van der Waals surface area contributed by atoms with E-state index in [-0.39, 0.29) is 5.97 Å². The number of carbonyl (C=O) groups excluding carboxylic acids is 1. The molecule has 4 aromatic rings. The monoisotopic (exact) mass is 482 g/mol. The summed E-state index contributed by atoms with van der Waals surface area (Å²) in [5, 5.41) is 14.5. The lowest BCUT2D eigenvalue weighted by Crippen LogP contribution is -2.10. The van der Waals surface area contributed by atoms with Gasteiger partial charge in [-0.25, -0.2) is 9.78 Å². The zero-order valence-corrected chi connectivity index (χ0v) is 20.7. The van der Waals surface area contributed by atoms with E-state index in [1.165, 1.54) is 5.56 Å². The lowest BCUT2D eigenvalue weighted by atomic mass is 9.98. The van der Waals surface area contributed by atoms with Gasteiger partial charge in [-0.05, 0) is 60.1 Å². The Morgan fingerprint density at radius 3 is 2.56 bits per heavy atom. The van der Waals surface area contributed by atoms with Crippen molar-refractivity contribution >= 4 is 11.5 Å². The summed E-state index contributed by atoms with van der Waals surface area (Å²) in [5.41, 5.74) is 7.44. The molecule has 8 heteroatoms. The van der Waals surface area contributed by atoms with Gasteiger partial charge in [-0.2, -0.15) is 5.21 Å². The van der Waals surface area contributed by atoms with E-state index in [0.29, 0.717) is 19.0 Å². The van der Waals surface area contributed by atoms with Crippen LogP contribution in [0, 0.1) is 0 Å². The van der Waals surface area contributed by atoms with Gasteiger partial charge in [-0.1, -0.05) is 55.5 Å². The minimum Gasteiger partial charge on any atom is -0.463 e. The number of H-pyrrole nitrogens is 1. The Balaban J connectivity index is 1.48. The maximum Gasteiger partial charge on any atom is 0.331 e. The van der Waals surface area contributed by atoms with Crippen LogP contribution in [-0.2, 0) is 28.9 Å². The first kappa shape index (κ1) is 23.7. The molecule has 0 saturated carbocycles. The fourth-order valence-corrected chi connectivity index (χ4v) is 4.90. The van der Waals surface area contributed by atoms with E-state index >= 15 is 0 Å². The van der Waals surface area contributed by atoms with Crippen molar-refractivity contribution in [2.24, 2.45) is 0 Å². The van der Waals surface area contributed by atoms with E-state index in [4.69, 9.17) is 9.72 Å². The fourth-order valence-electron chi connectivity index (χ4n) is 4.90. The summed E-state index contributed by atoms with van der Waals surface area (Å²) in [7, 11) is 0. The Hall–Kier alpha value is -4.07. The highest BCUT2D eigenvalue weighted by molar-refractivity contribution is 5.91. The summed E-state index contributed by atoms with van der Waals surface area (Å²) in [6.07, 6.45) is 6.40. The highest BCUT2D eigenvalue weighted by Gasteiger charge is 2.23. The Kier molecular flexibility index (Phi) is 7.02. The summed E-state index contributed by atoms with van der Waals surface area (Å²) in [6.45, 7) is 5.03. The number of allylic oxidation sites excluding steroid dienone is 1. The number of imidazole rings is 1. The van der Waals surface area contributed by atoms with Crippen molar-refractivity contribution in [2.75, 3.05) is 6.61 Å². The van der Waals surface area contributed by atoms with Gasteiger partial charge < -0.3 is 9.30 Å². The second-order valence-corrected chi connectivity index (χ2v) is 8.87. The van der Waals surface area contributed by atoms with Crippen LogP contribution in [0.2, 0.25) is 0 Å². The number of hydrogen-bond acceptors (Lipinski definition) is 6. The SMILES string of the molecule is CCOC(=O)C=C1CCCCc2nc(CC)n(Cc3ccc(-c4ccccc4-c4nn[nH]n4)cc3)c21. The van der Waals surface area contributed by atoms with Gasteiger partial charge in [0.05, 0.1) is 18.0 Å². The van der Waals surface area contributed by atoms with Crippen LogP contribution in [0.25, 0.3) is 28.1 Å². The van der Waals surface area contributed by atoms with Gasteiger partial charge in [-0.3, -0.25) is 0 Å². The first-order valence-corrected chi connectivity index (χ1v) is 12.6. The topological polar surface area (TPSA) is 98.6 Å². The zero-order chi connectivity index (χ0) is 24.9. The molecule has 0 amide bonds. The largest absolute Gasteiger partial charge is 0.463 e. The molecule has 0 spiro atoms. The summed E-state index contributed by atoms with van der Waals surface area (Å²) < 4.78 is 7.51. The van der Waals surface area contributed by atoms with Crippen molar-refractivity contribution in [3.05, 3.63) is 77.4 Å². The standard InChI is InChI=1S/C28H30N6O2/c1-3-25-29-24-12-8-5-9-21(17-26(35)36-4-2)27(24)34(25)18-19-13-15-20(16-14-19)22-10-6-7-11-23(22)28-30-32-33-31-28/h6-7,10-11,13-17H,3-5,8-9,12,18H2,1-2H3,(H,30,31,32,33). The van der Waals surface area contributed by atoms with Crippen molar-refractivity contribution in [1.82, 2.24) is 30.2 Å². The van der Waals surface area contributed by atoms with Crippen LogP contribution < -0.4 is 0 Å². The minimum atomic E-state index is -0.282. The van der Waals surface area contributed by atoms with Gasteiger partial charge in [0.15, 0.2) is 0 Å². The maximum atomic E-state index is 12.3. The maximum absolute atomic E-state index is 12.3. The van der Waals surface area contributed by atoms with Gasteiger partial charge in [0, 0.05) is 24.6 Å². The number of benzene rings is 2. The molecule has 0 saturated heterocycles. The van der Waals surface area contributed by atoms with E-state index in [1.54, 1.807) is 6.08 Å². The first-order valence-electron chi connectivity index (χ1n) is 12.6. The molecule has 1 N–H and O–H groups in total. The van der Waals surface area contributed by atoms with Crippen molar-refractivity contribution in [1.29, 1.82) is 0 Å². The van der Waals surface area contributed by atoms with E-state index < -0.39 is 0 Å². The Labute approximate surface area is 210 Å². The minimum absolute atomic E-state index is 0.282. The molecule has 0 atom stereocenters. The third-order valence-electron chi connectivity index (χ3n) is 6.55. The van der Waals surface area contributed by atoms with E-state index in [0.717, 1.165) is 71.6 Å². The number of rotatable bonds is 7. The number of esters is 1. The summed E-state index contributed by atoms with van der Waals surface area (Å²) in [6, 6.07) is 16.6. The van der Waals surface area contributed by atoms with Gasteiger partial charge >= 0.3 is 5.97 Å². The van der Waals surface area contributed by atoms with Crippen LogP contribution in [0.1, 0.15) is 55.9 Å². The molecule has 2 aromatic carbocycles. The summed E-state index contributed by atoms with van der Waals surface area (Å²) in [4.78, 5) is 17.3. The molecule has 36 heavy (non-hydrogen) atoms. The third-order valence-corrected chi connectivity index (χ3v) is 6.55. The molecule has 5 rings (SSSR count). The number of aromatic nitrogens is 6. The quantitative estimate of drug-likeness (QED) is 0.226. The molecule has 1 aliphatic rings. The molecule has 0 unspecified atom stereocenters. The molecule has 8 nitrogen and oxygen atoms in total. The average molecular weight is 483 g/mol. The molecule has 2 heterocycles. The molecule has 0 aliphatic heterocycles. The van der Waals surface area contributed by atoms with E-state index in [2.05, 4.69) is 62.4 Å². The Morgan fingerprint density at radius 1 is 1.06 bits per heavy atom. The Bertz CT molecular complexity index is 1370. The number of nitrogens with zero attached hydrogens (tertiary/aromatic N) is 5. The van der Waals surface area contributed by atoms with E-state index in [9.17, 15) is 4.79 Å². The van der Waals surface area contributed by atoms with Crippen LogP contribution in [-0.4, -0.2) is 42.8 Å². The second kappa shape index (κ2) is 10.7. The number of fused-ring (bicyclic) bond motifs is 1. The number of aryl methyl sites for hydroxylation is 2. The summed E-state index contributed by atoms with van der Waals surface area (Å²) >= 11 is 0. The third kappa shape index (κ3) is 4.84. The van der Waals surface area contributed by atoms with Crippen LogP contribution in [0.4, 0.5) is 0 Å². The molecule has 0 fully saturated rings. The van der Waals surface area contributed by atoms with Crippen molar-refractivity contribution in [2.45, 2.75) is 52.5 Å². The zero-order valence-electron chi connectivity index (χ0n) is 20.7. The molecule has 184 valence electrons. The lowest BCUT2D eigenvalue weighted by molar-refractivity contribution is -0.137. The van der Waals surface area contributed by atoms with Gasteiger partial charge in [0.1, 0.15) is 5.82 Å². The van der Waals surface area contributed by atoms with Crippen LogP contribution >= 0.6 is 0 Å². The highest BCUT2D eigenvalue weighted by Crippen LogP contribution is 2.33. The molecular formula is C28H30N6O2. The van der Waals surface area contributed by atoms with Gasteiger partial charge in [0.2, 0.25) is 5.82 Å². The fraction of sp³-hybridized carbons (Fsp3) is 0.321. The number of carbonyl (C=O) groups is 1. The van der Waals surface area contributed by atoms with Gasteiger partial charge in [-0.15, -0.1) is 10.2 Å². The van der Waals surface area contributed by atoms with Crippen LogP contribution in [0.3, 0.4) is 0 Å². The highest BCUT2D eigenvalue weighted by atomic mass is 16.5. The van der Waals surface area contributed by atoms with Gasteiger partial charge in [0.25, 0.3) is 0 Å². The predicted molar refractivity (Wildman–Crippen MR) is 138 cm³/mol. The normalized spacial score (nSPS) is 14.4. The van der Waals surface area contributed by atoms with Crippen molar-refractivity contribution in [3.8, 4) is 22.5 Å². The number of tetrazole rings is 1. The second-order valence-electron chi connectivity index (χ2n) is 8.87. The molecule has 1 aliphatic carbocycles.